The third-order valence-corrected chi connectivity index (χ3v) is 23.2. The Morgan fingerprint density at radius 1 is 0.530 bits per heavy atom. The summed E-state index contributed by atoms with van der Waals surface area (Å²) in [4.78, 5) is 18.3. The molecule has 8 aliphatic heterocycles. The van der Waals surface area contributed by atoms with Gasteiger partial charge in [-0.3, -0.25) is 13.8 Å². The van der Waals surface area contributed by atoms with Gasteiger partial charge in [-0.25, -0.2) is 4.21 Å². The van der Waals surface area contributed by atoms with Gasteiger partial charge >= 0.3 is 0 Å². The molecule has 9 fully saturated rings. The highest BCUT2D eigenvalue weighted by molar-refractivity contribution is 7.92. The van der Waals surface area contributed by atoms with Gasteiger partial charge in [0.2, 0.25) is 5.91 Å². The lowest BCUT2D eigenvalue weighted by atomic mass is 9.83. The van der Waals surface area contributed by atoms with E-state index in [0.29, 0.717) is 53.2 Å². The first-order chi connectivity index (χ1) is 54.2. The Balaban J connectivity index is -0.00000120. The van der Waals surface area contributed by atoms with Crippen molar-refractivity contribution < 1.29 is 22.7 Å². The Hall–Kier alpha value is -1.15. The minimum atomic E-state index is -2.21. The van der Waals surface area contributed by atoms with E-state index in [2.05, 4.69) is 233 Å². The number of ether oxygens (including phenoxy) is 2. The molecule has 0 radical (unpaired) electrons. The van der Waals surface area contributed by atoms with Crippen molar-refractivity contribution in [1.29, 1.82) is 4.78 Å². The maximum atomic E-state index is 11.5. The first kappa shape index (κ1) is 118. The highest BCUT2D eigenvalue weighted by Gasteiger charge is 2.29. The smallest absolute Gasteiger partial charge is 0.225 e. The van der Waals surface area contributed by atoms with Gasteiger partial charge in [0.1, 0.15) is 0 Å². The summed E-state index contributed by atoms with van der Waals surface area (Å²) < 4.78 is 39.8. The van der Waals surface area contributed by atoms with E-state index in [1.807, 2.05) is 25.8 Å². The van der Waals surface area contributed by atoms with E-state index in [-0.39, 0.29) is 11.5 Å². The fourth-order valence-corrected chi connectivity index (χ4v) is 16.0. The van der Waals surface area contributed by atoms with E-state index < -0.39 is 20.5 Å². The molecule has 23 nitrogen and oxygen atoms in total. The minimum Gasteiger partial charge on any atom is -0.383 e. The number of likely N-dealkylation sites (N-methyl/N-ethyl adjacent to an activating group) is 1. The van der Waals surface area contributed by atoms with E-state index in [4.69, 9.17) is 25.7 Å². The number of nitrogens with two attached hydrogens (primary N) is 2. The molecule has 0 aromatic heterocycles. The van der Waals surface area contributed by atoms with Crippen molar-refractivity contribution in [2.75, 3.05) is 234 Å². The second-order valence-electron chi connectivity index (χ2n) is 39.0. The molecule has 8 heterocycles. The van der Waals surface area contributed by atoms with Crippen LogP contribution in [0.15, 0.2) is 0 Å². The van der Waals surface area contributed by atoms with Crippen LogP contribution in [0.2, 0.25) is 0 Å². The zero-order valence-corrected chi connectivity index (χ0v) is 82.3. The number of nitrogens with one attached hydrogen (secondary N) is 13. The van der Waals surface area contributed by atoms with E-state index in [9.17, 15) is 13.2 Å². The lowest BCUT2D eigenvalue weighted by Gasteiger charge is -2.34. The predicted octanol–water partition coefficient (Wildman–Crippen LogP) is 10.1. The number of nitrogens with zero attached hydrogens (tertiary/aromatic N) is 3. The topological polar surface area (TPSA) is 300 Å². The van der Waals surface area contributed by atoms with Crippen molar-refractivity contribution in [3.63, 3.8) is 0 Å². The molecule has 0 spiro atoms. The van der Waals surface area contributed by atoms with Crippen LogP contribution in [-0.2, 0) is 34.8 Å². The van der Waals surface area contributed by atoms with Crippen LogP contribution < -0.4 is 75.3 Å². The lowest BCUT2D eigenvalue weighted by molar-refractivity contribution is -0.136. The lowest BCUT2D eigenvalue weighted by Crippen LogP contribution is -2.48. The van der Waals surface area contributed by atoms with Crippen LogP contribution in [-0.4, -0.2) is 299 Å². The van der Waals surface area contributed by atoms with Crippen LogP contribution in [0.25, 0.3) is 0 Å². The minimum absolute atomic E-state index is 0.0758. The molecule has 115 heavy (non-hydrogen) atoms. The molecule has 17 N–H and O–H groups in total. The van der Waals surface area contributed by atoms with E-state index >= 15 is 0 Å². The second-order valence-corrected chi connectivity index (χ2v) is 43.0. The molecule has 9 aliphatic rings. The van der Waals surface area contributed by atoms with Crippen molar-refractivity contribution >= 4 is 26.4 Å². The van der Waals surface area contributed by atoms with Crippen molar-refractivity contribution in [2.45, 2.75) is 266 Å². The van der Waals surface area contributed by atoms with Crippen molar-refractivity contribution in [2.24, 2.45) is 88.4 Å². The monoisotopic (exact) mass is 1680 g/mol. The molecule has 0 bridgehead atoms. The van der Waals surface area contributed by atoms with Gasteiger partial charge in [-0.15, -0.1) is 0 Å². The Kier molecular flexibility index (Phi) is 77.3. The molecule has 0 aromatic carbocycles. The van der Waals surface area contributed by atoms with Gasteiger partial charge in [-0.2, -0.15) is 0 Å². The Morgan fingerprint density at radius 2 is 0.948 bits per heavy atom. The molecule has 694 valence electrons. The molecule has 9 rings (SSSR count). The van der Waals surface area contributed by atoms with Crippen molar-refractivity contribution in [1.82, 2.24) is 78.5 Å². The number of carbonyl (C=O) groups excluding carboxylic acids is 1. The number of methoxy groups -OCH3 is 1. The summed E-state index contributed by atoms with van der Waals surface area (Å²) in [5.74, 6) is 12.6. The zero-order chi connectivity index (χ0) is 87.6. The number of carbonyl (C=O) groups is 1. The first-order valence-electron chi connectivity index (χ1n) is 46.6. The third-order valence-electron chi connectivity index (χ3n) is 19.8. The maximum absolute atomic E-state index is 11.5. The number of piperazine rings is 2. The van der Waals surface area contributed by atoms with Crippen LogP contribution in [0, 0.1) is 81.7 Å². The van der Waals surface area contributed by atoms with Gasteiger partial charge in [0.05, 0.1) is 6.61 Å². The van der Waals surface area contributed by atoms with Crippen LogP contribution in [0.3, 0.4) is 0 Å². The SMILES string of the molecule is CC(C)C(=O)N1CCN(C)CC1.CC(C)CC1(N)CCOCC1.CC(C)CN.CC(C)CN1CCNCC1.CC(C)CNC1CCNC1.CC(C)CNC1CCS(=N)(=O)C1.CC(C)CNC1CCS(=O)C1.CC(C)CNCC1CC1.CC(C)CN[C@@H]1CCNC1.CC(C)CN[C@H]1CCNC1.CNCC(C)C.COCCNCC(C)C. The second kappa shape index (κ2) is 75.4. The van der Waals surface area contributed by atoms with Crippen molar-refractivity contribution in [3.8, 4) is 0 Å². The first-order valence-corrected chi connectivity index (χ1v) is 49.9. The summed E-state index contributed by atoms with van der Waals surface area (Å²) in [6, 6.07) is 3.07. The summed E-state index contributed by atoms with van der Waals surface area (Å²) in [6.45, 7) is 84.0. The maximum Gasteiger partial charge on any atom is 0.225 e. The molecule has 7 atom stereocenters. The van der Waals surface area contributed by atoms with Crippen molar-refractivity contribution in [3.05, 3.63) is 0 Å². The summed E-state index contributed by atoms with van der Waals surface area (Å²) >= 11 is 0. The molecule has 1 amide bonds. The molecular weight excluding hydrogens is 1480 g/mol. The average Bonchev–Trinajstić information content (AvgIpc) is 1.72. The fraction of sp³-hybridized carbons (Fsp3) is 0.989. The van der Waals surface area contributed by atoms with Crippen LogP contribution in [0.5, 0.6) is 0 Å². The molecule has 8 saturated heterocycles. The standard InChI is InChI=1S/C9H18N2O.C9H19NO.C8H18N2OS.4C8H18N2.C8H17NOS.C8H17N.C7H17NO.C5H13N.C4H11N/c1-8(2)9(12)11-6-4-10(3)5-7-11;1-8(2)7-9(10)3-5-11-6-4-9;1-7(2)5-10-8-3-4-12(9,11)6-8;1-8(2)7-10-5-3-9-4-6-10;3*1-7(2)5-10-8-3-4-9-6-8;1-7(2)5-9-8-3-4-11(10)6-8;1-7(2)5-9-6-8-3-4-8;1-7(2)6-8-4-5-9-3;1-5(2)4-6-3;1-4(2)3-5/h8H,4-7H2,1-3H3;8H,3-7,10H2,1-2H3;7-10H,3-6H2,1-2H3;8-9H,3-7H2,1-2H3;3*7-10H,3-6H2,1-2H3;7-9H,3-6H2,1-2H3;7-9H,3-6H2,1-2H3;7-8H,4-6H2,1-3H3;5-6H,4H2,1-3H3;4H,3,5H2,1-2H3/t;;;;2*8-;;;;;;/m....10....../s1. The molecule has 1 aliphatic carbocycles. The highest BCUT2D eigenvalue weighted by Crippen LogP contribution is 2.27. The number of hydrogen-bond donors (Lipinski definition) is 15. The predicted molar refractivity (Wildman–Crippen MR) is 505 cm³/mol. The number of amides is 1. The highest BCUT2D eigenvalue weighted by atomic mass is 32.2. The normalized spacial score (nSPS) is 23.2. The average molecular weight is 1680 g/mol. The zero-order valence-electron chi connectivity index (χ0n) is 80.7. The molecule has 0 aromatic rings. The Morgan fingerprint density at radius 3 is 1.26 bits per heavy atom. The van der Waals surface area contributed by atoms with E-state index in [1.165, 1.54) is 97.6 Å². The molecule has 25 heteroatoms. The number of rotatable bonds is 32. The molecule has 1 saturated carbocycles. The largest absolute Gasteiger partial charge is 0.383 e. The Bertz CT molecular complexity index is 2170. The quantitative estimate of drug-likeness (QED) is 0.0279. The fourth-order valence-electron chi connectivity index (χ4n) is 12.8. The number of hydrogen-bond acceptors (Lipinski definition) is 22. The summed E-state index contributed by atoms with van der Waals surface area (Å²) in [6.07, 6.45) is 12.0. The van der Waals surface area contributed by atoms with Gasteiger partial charge < -0.3 is 99.4 Å². The Labute approximate surface area is 717 Å². The van der Waals surface area contributed by atoms with Gasteiger partial charge in [-0.1, -0.05) is 166 Å². The molecule has 5 unspecified atom stereocenters. The van der Waals surface area contributed by atoms with Crippen LogP contribution >= 0.6 is 0 Å². The van der Waals surface area contributed by atoms with Crippen LogP contribution in [0.4, 0.5) is 0 Å². The van der Waals surface area contributed by atoms with E-state index in [1.54, 1.807) is 7.11 Å². The van der Waals surface area contributed by atoms with E-state index in [0.717, 1.165) is 234 Å². The summed E-state index contributed by atoms with van der Waals surface area (Å²) in [5, 5.41) is 40.4. The van der Waals surface area contributed by atoms with Gasteiger partial charge in [0.25, 0.3) is 0 Å². The molecular formula is C90H202N18O5S2. The van der Waals surface area contributed by atoms with Crippen LogP contribution in [0.1, 0.15) is 230 Å². The van der Waals surface area contributed by atoms with Gasteiger partial charge in [0, 0.05) is 191 Å². The van der Waals surface area contributed by atoms with Gasteiger partial charge in [0.15, 0.2) is 0 Å². The third kappa shape index (κ3) is 82.2. The summed E-state index contributed by atoms with van der Waals surface area (Å²) in [5.41, 5.74) is 11.4. The summed E-state index contributed by atoms with van der Waals surface area (Å²) in [7, 11) is 3.05. The van der Waals surface area contributed by atoms with Gasteiger partial charge in [-0.05, 0) is 234 Å².